The lowest BCUT2D eigenvalue weighted by Crippen LogP contribution is -2.28. The molecular formula is C12H17N3O. The summed E-state index contributed by atoms with van der Waals surface area (Å²) in [5.74, 6) is 1.25. The van der Waals surface area contributed by atoms with E-state index in [1.165, 1.54) is 12.8 Å². The normalized spacial score (nSPS) is 21.8. The van der Waals surface area contributed by atoms with Crippen molar-refractivity contribution in [3.05, 3.63) is 22.7 Å². The first kappa shape index (κ1) is 9.87. The molecule has 0 aliphatic heterocycles. The van der Waals surface area contributed by atoms with Crippen molar-refractivity contribution in [3.63, 3.8) is 0 Å². The molecule has 2 saturated carbocycles. The van der Waals surface area contributed by atoms with E-state index >= 15 is 0 Å². The van der Waals surface area contributed by atoms with Gasteiger partial charge in [0, 0.05) is 24.5 Å². The maximum Gasteiger partial charge on any atom is 0.293 e. The monoisotopic (exact) mass is 219 g/mol. The Labute approximate surface area is 94.7 Å². The molecule has 0 radical (unpaired) electrons. The molecule has 2 aliphatic rings. The summed E-state index contributed by atoms with van der Waals surface area (Å²) in [6.45, 7) is 2.13. The van der Waals surface area contributed by atoms with Gasteiger partial charge in [0.15, 0.2) is 5.82 Å². The van der Waals surface area contributed by atoms with Gasteiger partial charge in [-0.05, 0) is 38.5 Å². The molecule has 1 N–H and O–H groups in total. The fraction of sp³-hybridized carbons (Fsp3) is 0.667. The van der Waals surface area contributed by atoms with Crippen molar-refractivity contribution in [1.29, 1.82) is 0 Å². The third-order valence-corrected chi connectivity index (χ3v) is 3.50. The van der Waals surface area contributed by atoms with E-state index in [1.54, 1.807) is 12.4 Å². The van der Waals surface area contributed by atoms with E-state index in [1.807, 2.05) is 4.57 Å². The maximum atomic E-state index is 12.1. The van der Waals surface area contributed by atoms with Crippen LogP contribution in [0.15, 0.2) is 17.2 Å². The summed E-state index contributed by atoms with van der Waals surface area (Å²) in [4.78, 5) is 16.2. The van der Waals surface area contributed by atoms with Gasteiger partial charge in [0.05, 0.1) is 0 Å². The lowest BCUT2D eigenvalue weighted by Gasteiger charge is -2.13. The number of hydrogen-bond acceptors (Lipinski definition) is 3. The van der Waals surface area contributed by atoms with Crippen LogP contribution < -0.4 is 10.9 Å². The minimum Gasteiger partial charge on any atom is -0.363 e. The van der Waals surface area contributed by atoms with Crippen LogP contribution in [0.3, 0.4) is 0 Å². The van der Waals surface area contributed by atoms with E-state index in [0.717, 1.165) is 18.8 Å². The second kappa shape index (κ2) is 3.61. The number of rotatable bonds is 4. The molecule has 2 fully saturated rings. The fourth-order valence-corrected chi connectivity index (χ4v) is 2.09. The Bertz CT molecular complexity index is 446. The molecule has 2 aliphatic carbocycles. The zero-order chi connectivity index (χ0) is 11.1. The first-order valence-corrected chi connectivity index (χ1v) is 6.09. The highest BCUT2D eigenvalue weighted by Crippen LogP contribution is 2.34. The van der Waals surface area contributed by atoms with Gasteiger partial charge >= 0.3 is 0 Å². The molecule has 0 spiro atoms. The Morgan fingerprint density at radius 3 is 2.81 bits per heavy atom. The van der Waals surface area contributed by atoms with Gasteiger partial charge in [0.25, 0.3) is 5.56 Å². The van der Waals surface area contributed by atoms with Gasteiger partial charge < -0.3 is 9.88 Å². The number of nitrogens with one attached hydrogen (secondary N) is 1. The molecule has 1 aromatic heterocycles. The van der Waals surface area contributed by atoms with E-state index in [-0.39, 0.29) is 5.56 Å². The quantitative estimate of drug-likeness (QED) is 0.839. The average Bonchev–Trinajstić information content (AvgIpc) is 3.15. The van der Waals surface area contributed by atoms with Crippen molar-refractivity contribution < 1.29 is 0 Å². The smallest absolute Gasteiger partial charge is 0.293 e. The number of nitrogens with zero attached hydrogens (tertiary/aromatic N) is 2. The summed E-state index contributed by atoms with van der Waals surface area (Å²) in [5.41, 5.74) is 0.0394. The van der Waals surface area contributed by atoms with Crippen LogP contribution in [-0.4, -0.2) is 15.6 Å². The first-order chi connectivity index (χ1) is 7.75. The van der Waals surface area contributed by atoms with Crippen molar-refractivity contribution in [2.75, 3.05) is 5.32 Å². The van der Waals surface area contributed by atoms with Gasteiger partial charge in [0.2, 0.25) is 0 Å². The van der Waals surface area contributed by atoms with E-state index in [9.17, 15) is 4.79 Å². The zero-order valence-corrected chi connectivity index (χ0v) is 9.52. The van der Waals surface area contributed by atoms with Crippen LogP contribution in [0.1, 0.15) is 38.6 Å². The van der Waals surface area contributed by atoms with Crippen molar-refractivity contribution in [2.24, 2.45) is 5.92 Å². The van der Waals surface area contributed by atoms with E-state index < -0.39 is 0 Å². The Kier molecular flexibility index (Phi) is 2.23. The molecule has 0 amide bonds. The summed E-state index contributed by atoms with van der Waals surface area (Å²) in [6.07, 6.45) is 8.33. The second-order valence-corrected chi connectivity index (χ2v) is 4.99. The molecule has 86 valence electrons. The molecule has 1 aromatic rings. The fourth-order valence-electron chi connectivity index (χ4n) is 2.09. The van der Waals surface area contributed by atoms with Crippen molar-refractivity contribution in [1.82, 2.24) is 9.55 Å². The number of aromatic nitrogens is 2. The molecule has 1 heterocycles. The minimum absolute atomic E-state index is 0.0394. The van der Waals surface area contributed by atoms with E-state index in [0.29, 0.717) is 17.9 Å². The Morgan fingerprint density at radius 1 is 1.44 bits per heavy atom. The lowest BCUT2D eigenvalue weighted by atomic mass is 10.2. The zero-order valence-electron chi connectivity index (χ0n) is 9.52. The minimum atomic E-state index is 0.0394. The predicted molar refractivity (Wildman–Crippen MR) is 62.6 cm³/mol. The third kappa shape index (κ3) is 1.84. The standard InChI is InChI=1S/C12H17N3O/c1-8(9-2-3-9)14-11-12(16)15(7-6-13-11)10-4-5-10/h6-10H,2-5H2,1H3,(H,13,14). The molecule has 0 bridgehead atoms. The summed E-state index contributed by atoms with van der Waals surface area (Å²) in [5, 5.41) is 3.25. The Hall–Kier alpha value is -1.32. The van der Waals surface area contributed by atoms with Gasteiger partial charge in [-0.3, -0.25) is 4.79 Å². The van der Waals surface area contributed by atoms with Crippen LogP contribution in [0.2, 0.25) is 0 Å². The van der Waals surface area contributed by atoms with Crippen molar-refractivity contribution >= 4 is 5.82 Å². The van der Waals surface area contributed by atoms with Crippen LogP contribution in [0, 0.1) is 5.92 Å². The largest absolute Gasteiger partial charge is 0.363 e. The molecule has 0 saturated heterocycles. The molecule has 1 unspecified atom stereocenters. The molecule has 16 heavy (non-hydrogen) atoms. The predicted octanol–water partition coefficient (Wildman–Crippen LogP) is 1.79. The highest BCUT2D eigenvalue weighted by atomic mass is 16.1. The topological polar surface area (TPSA) is 46.9 Å². The first-order valence-electron chi connectivity index (χ1n) is 6.09. The molecule has 4 heteroatoms. The average molecular weight is 219 g/mol. The van der Waals surface area contributed by atoms with Gasteiger partial charge in [0.1, 0.15) is 0 Å². The van der Waals surface area contributed by atoms with Crippen LogP contribution in [0.4, 0.5) is 5.82 Å². The van der Waals surface area contributed by atoms with Crippen LogP contribution >= 0.6 is 0 Å². The van der Waals surface area contributed by atoms with Crippen molar-refractivity contribution in [2.45, 2.75) is 44.7 Å². The van der Waals surface area contributed by atoms with Crippen LogP contribution in [0.25, 0.3) is 0 Å². The summed E-state index contributed by atoms with van der Waals surface area (Å²) in [6, 6.07) is 0.794. The lowest BCUT2D eigenvalue weighted by molar-refractivity contribution is 0.668. The molecule has 4 nitrogen and oxygen atoms in total. The molecule has 1 atom stereocenters. The maximum absolute atomic E-state index is 12.1. The molecular weight excluding hydrogens is 202 g/mol. The SMILES string of the molecule is CC(Nc1nccn(C2CC2)c1=O)C1CC1. The second-order valence-electron chi connectivity index (χ2n) is 4.99. The van der Waals surface area contributed by atoms with Gasteiger partial charge in [-0.15, -0.1) is 0 Å². The van der Waals surface area contributed by atoms with Crippen molar-refractivity contribution in [3.8, 4) is 0 Å². The third-order valence-electron chi connectivity index (χ3n) is 3.50. The summed E-state index contributed by atoms with van der Waals surface area (Å²) < 4.78 is 1.81. The molecule has 3 rings (SSSR count). The van der Waals surface area contributed by atoms with E-state index in [2.05, 4.69) is 17.2 Å². The van der Waals surface area contributed by atoms with E-state index in [4.69, 9.17) is 0 Å². The highest BCUT2D eigenvalue weighted by Gasteiger charge is 2.29. The summed E-state index contributed by atoms with van der Waals surface area (Å²) in [7, 11) is 0. The summed E-state index contributed by atoms with van der Waals surface area (Å²) >= 11 is 0. The number of hydrogen-bond donors (Lipinski definition) is 1. The van der Waals surface area contributed by atoms with Gasteiger partial charge in [-0.1, -0.05) is 0 Å². The number of anilines is 1. The van der Waals surface area contributed by atoms with Crippen LogP contribution in [0.5, 0.6) is 0 Å². The van der Waals surface area contributed by atoms with Crippen LogP contribution in [-0.2, 0) is 0 Å². The highest BCUT2D eigenvalue weighted by molar-refractivity contribution is 5.33. The van der Waals surface area contributed by atoms with Gasteiger partial charge in [-0.2, -0.15) is 0 Å². The Morgan fingerprint density at radius 2 is 2.19 bits per heavy atom. The Balaban J connectivity index is 1.82. The molecule has 0 aromatic carbocycles. The van der Waals surface area contributed by atoms with Gasteiger partial charge in [-0.25, -0.2) is 4.98 Å².